The Balaban J connectivity index is 1.55. The Hall–Kier alpha value is -2.22. The van der Waals surface area contributed by atoms with Gasteiger partial charge in [0.15, 0.2) is 11.5 Å². The van der Waals surface area contributed by atoms with Crippen molar-refractivity contribution < 1.29 is 23.9 Å². The van der Waals surface area contributed by atoms with Gasteiger partial charge in [-0.2, -0.15) is 0 Å². The van der Waals surface area contributed by atoms with E-state index in [1.807, 2.05) is 30.3 Å². The first-order chi connectivity index (χ1) is 12.3. The van der Waals surface area contributed by atoms with Gasteiger partial charge in [0.2, 0.25) is 0 Å². The molecule has 134 valence electrons. The first kappa shape index (κ1) is 17.6. The van der Waals surface area contributed by atoms with Gasteiger partial charge in [-0.1, -0.05) is 35.5 Å². The lowest BCUT2D eigenvalue weighted by atomic mass is 10.1. The average molecular weight is 346 g/mol. The van der Waals surface area contributed by atoms with Crippen molar-refractivity contribution in [2.75, 3.05) is 19.8 Å². The molecule has 1 aromatic heterocycles. The Morgan fingerprint density at radius 3 is 2.88 bits per heavy atom. The smallest absolute Gasteiger partial charge is 0.273 e. The van der Waals surface area contributed by atoms with Crippen molar-refractivity contribution in [2.45, 2.75) is 26.2 Å². The molecule has 1 atom stereocenters. The van der Waals surface area contributed by atoms with Gasteiger partial charge in [0, 0.05) is 19.1 Å². The van der Waals surface area contributed by atoms with Crippen molar-refractivity contribution in [1.29, 1.82) is 0 Å². The Kier molecular flexibility index (Phi) is 6.16. The summed E-state index contributed by atoms with van der Waals surface area (Å²) in [7, 11) is 0. The molecule has 1 aromatic carbocycles. The highest BCUT2D eigenvalue weighted by atomic mass is 16.5. The molecule has 2 N–H and O–H groups in total. The first-order valence-corrected chi connectivity index (χ1v) is 8.33. The molecule has 1 saturated heterocycles. The van der Waals surface area contributed by atoms with Gasteiger partial charge in [-0.15, -0.1) is 0 Å². The second-order valence-electron chi connectivity index (χ2n) is 6.01. The van der Waals surface area contributed by atoms with Crippen LogP contribution in [0, 0.1) is 5.92 Å². The number of nitrogens with zero attached hydrogens (tertiary/aromatic N) is 1. The first-order valence-electron chi connectivity index (χ1n) is 8.33. The summed E-state index contributed by atoms with van der Waals surface area (Å²) in [6.07, 6.45) is 0.935. The third-order valence-corrected chi connectivity index (χ3v) is 4.16. The normalized spacial score (nSPS) is 16.9. The van der Waals surface area contributed by atoms with Crippen LogP contribution in [-0.2, 0) is 29.3 Å². The van der Waals surface area contributed by atoms with Crippen LogP contribution in [0.25, 0.3) is 0 Å². The van der Waals surface area contributed by atoms with Crippen LogP contribution >= 0.6 is 0 Å². The third-order valence-electron chi connectivity index (χ3n) is 4.16. The molecule has 0 radical (unpaired) electrons. The van der Waals surface area contributed by atoms with E-state index in [9.17, 15) is 9.90 Å². The fourth-order valence-electron chi connectivity index (χ4n) is 2.70. The van der Waals surface area contributed by atoms with Crippen LogP contribution in [0.15, 0.2) is 34.9 Å². The van der Waals surface area contributed by atoms with E-state index in [1.165, 1.54) is 0 Å². The Bertz CT molecular complexity index is 680. The number of ether oxygens (including phenoxy) is 2. The molecule has 0 bridgehead atoms. The molecule has 1 aliphatic heterocycles. The van der Waals surface area contributed by atoms with Crippen LogP contribution < -0.4 is 5.32 Å². The monoisotopic (exact) mass is 346 g/mol. The fraction of sp³-hybridized carbons (Fsp3) is 0.444. The lowest BCUT2D eigenvalue weighted by Gasteiger charge is -2.08. The highest BCUT2D eigenvalue weighted by Crippen LogP contribution is 2.17. The second-order valence-corrected chi connectivity index (χ2v) is 6.01. The van der Waals surface area contributed by atoms with Gasteiger partial charge in [0.05, 0.1) is 25.4 Å². The largest absolute Gasteiger partial charge is 0.391 e. The van der Waals surface area contributed by atoms with Gasteiger partial charge >= 0.3 is 0 Å². The number of benzene rings is 1. The van der Waals surface area contributed by atoms with Gasteiger partial charge in [-0.3, -0.25) is 4.79 Å². The average Bonchev–Trinajstić information content (AvgIpc) is 3.30. The van der Waals surface area contributed by atoms with Crippen LogP contribution in [0.3, 0.4) is 0 Å². The minimum absolute atomic E-state index is 0.111. The summed E-state index contributed by atoms with van der Waals surface area (Å²) >= 11 is 0. The highest BCUT2D eigenvalue weighted by Gasteiger charge is 2.23. The molecule has 7 nitrogen and oxygen atoms in total. The quantitative estimate of drug-likeness (QED) is 0.755. The minimum Gasteiger partial charge on any atom is -0.391 e. The van der Waals surface area contributed by atoms with E-state index in [0.29, 0.717) is 37.0 Å². The van der Waals surface area contributed by atoms with Crippen molar-refractivity contribution in [3.63, 3.8) is 0 Å². The zero-order valence-corrected chi connectivity index (χ0v) is 13.9. The van der Waals surface area contributed by atoms with Gasteiger partial charge in [-0.25, -0.2) is 0 Å². The Labute approximate surface area is 145 Å². The van der Waals surface area contributed by atoms with E-state index in [4.69, 9.17) is 14.0 Å². The number of aliphatic hydroxyl groups is 1. The van der Waals surface area contributed by atoms with E-state index < -0.39 is 0 Å². The maximum absolute atomic E-state index is 12.3. The molecular formula is C18H22N2O5. The molecule has 1 fully saturated rings. The van der Waals surface area contributed by atoms with Crippen molar-refractivity contribution >= 4 is 5.91 Å². The summed E-state index contributed by atoms with van der Waals surface area (Å²) in [5.74, 6) is 0.337. The topological polar surface area (TPSA) is 93.8 Å². The number of amides is 1. The van der Waals surface area contributed by atoms with E-state index >= 15 is 0 Å². The molecule has 3 rings (SSSR count). The number of carbonyl (C=O) groups excluding carboxylic acids is 1. The van der Waals surface area contributed by atoms with Gasteiger partial charge < -0.3 is 24.4 Å². The van der Waals surface area contributed by atoms with Crippen LogP contribution in [0.2, 0.25) is 0 Å². The predicted molar refractivity (Wildman–Crippen MR) is 88.6 cm³/mol. The Morgan fingerprint density at radius 1 is 1.32 bits per heavy atom. The molecule has 0 aliphatic carbocycles. The summed E-state index contributed by atoms with van der Waals surface area (Å²) < 4.78 is 16.1. The minimum atomic E-state index is -0.353. The molecule has 2 heterocycles. The Morgan fingerprint density at radius 2 is 2.16 bits per heavy atom. The standard InChI is InChI=1S/C18H22N2O5/c21-9-15-16(12-24-10-13-4-2-1-3-5-13)25-20-17(15)18(22)19-8-14-6-7-23-11-14/h1-5,14,21H,6-12H2,(H,19,22). The lowest BCUT2D eigenvalue weighted by Crippen LogP contribution is -2.30. The van der Waals surface area contributed by atoms with Crippen molar-refractivity contribution in [3.05, 3.63) is 52.9 Å². The highest BCUT2D eigenvalue weighted by molar-refractivity contribution is 5.93. The summed E-state index contributed by atoms with van der Waals surface area (Å²) in [5.41, 5.74) is 1.51. The number of rotatable bonds is 8. The fourth-order valence-corrected chi connectivity index (χ4v) is 2.70. The summed E-state index contributed by atoms with van der Waals surface area (Å²) in [4.78, 5) is 12.3. The number of aromatic nitrogens is 1. The molecule has 1 aliphatic rings. The molecule has 7 heteroatoms. The molecule has 0 saturated carbocycles. The SMILES string of the molecule is O=C(NCC1CCOC1)c1noc(COCc2ccccc2)c1CO. The molecule has 1 unspecified atom stereocenters. The maximum Gasteiger partial charge on any atom is 0.273 e. The van der Waals surface area contributed by atoms with E-state index in [2.05, 4.69) is 10.5 Å². The summed E-state index contributed by atoms with van der Waals surface area (Å²) in [6, 6.07) is 9.72. The van der Waals surface area contributed by atoms with Crippen LogP contribution in [-0.4, -0.2) is 35.9 Å². The van der Waals surface area contributed by atoms with E-state index in [0.717, 1.165) is 18.6 Å². The van der Waals surface area contributed by atoms with E-state index in [-0.39, 0.29) is 24.8 Å². The number of carbonyl (C=O) groups is 1. The van der Waals surface area contributed by atoms with Crippen molar-refractivity contribution in [1.82, 2.24) is 10.5 Å². The van der Waals surface area contributed by atoms with Crippen LogP contribution in [0.4, 0.5) is 0 Å². The van der Waals surface area contributed by atoms with E-state index in [1.54, 1.807) is 0 Å². The predicted octanol–water partition coefficient (Wildman–Crippen LogP) is 1.65. The molecule has 2 aromatic rings. The third kappa shape index (κ3) is 4.66. The maximum atomic E-state index is 12.3. The number of hydrogen-bond acceptors (Lipinski definition) is 6. The molecule has 25 heavy (non-hydrogen) atoms. The van der Waals surface area contributed by atoms with Crippen LogP contribution in [0.1, 0.15) is 33.8 Å². The van der Waals surface area contributed by atoms with Gasteiger partial charge in [0.25, 0.3) is 5.91 Å². The summed E-state index contributed by atoms with van der Waals surface area (Å²) in [5, 5.41) is 16.2. The van der Waals surface area contributed by atoms with Crippen molar-refractivity contribution in [2.24, 2.45) is 5.92 Å². The van der Waals surface area contributed by atoms with Gasteiger partial charge in [-0.05, 0) is 12.0 Å². The number of aliphatic hydroxyl groups excluding tert-OH is 1. The zero-order valence-electron chi connectivity index (χ0n) is 13.9. The van der Waals surface area contributed by atoms with Gasteiger partial charge in [0.1, 0.15) is 6.61 Å². The summed E-state index contributed by atoms with van der Waals surface area (Å²) in [6.45, 7) is 2.14. The molecular weight excluding hydrogens is 324 g/mol. The molecule has 0 spiro atoms. The number of hydrogen-bond donors (Lipinski definition) is 2. The van der Waals surface area contributed by atoms with Crippen LogP contribution in [0.5, 0.6) is 0 Å². The second kappa shape index (κ2) is 8.75. The zero-order chi connectivity index (χ0) is 17.5. The van der Waals surface area contributed by atoms with Crippen molar-refractivity contribution in [3.8, 4) is 0 Å². The molecule has 1 amide bonds. The lowest BCUT2D eigenvalue weighted by molar-refractivity contribution is 0.0862. The number of nitrogens with one attached hydrogen (secondary N) is 1.